The molecule has 1 aromatic carbocycles. The van der Waals surface area contributed by atoms with Crippen LogP contribution in [0.25, 0.3) is 0 Å². The SMILES string of the molecule is CCCCCCOC(=O)NC(Cc1ccc(O)cc1)C(=O)NC(C)C#N. The summed E-state index contributed by atoms with van der Waals surface area (Å²) in [5.74, 6) is -0.345. The lowest BCUT2D eigenvalue weighted by Crippen LogP contribution is -2.50. The summed E-state index contributed by atoms with van der Waals surface area (Å²) in [4.78, 5) is 24.3. The largest absolute Gasteiger partial charge is 0.508 e. The molecule has 0 aliphatic rings. The van der Waals surface area contributed by atoms with Gasteiger partial charge < -0.3 is 20.5 Å². The molecule has 0 aliphatic heterocycles. The van der Waals surface area contributed by atoms with Crippen LogP contribution in [0.4, 0.5) is 4.79 Å². The number of nitriles is 1. The van der Waals surface area contributed by atoms with Gasteiger partial charge in [0.05, 0.1) is 12.7 Å². The van der Waals surface area contributed by atoms with E-state index in [1.165, 1.54) is 12.1 Å². The lowest BCUT2D eigenvalue weighted by atomic mass is 10.0. The van der Waals surface area contributed by atoms with E-state index in [0.717, 1.165) is 31.2 Å². The third-order valence-electron chi connectivity index (χ3n) is 3.77. The second-order valence-electron chi connectivity index (χ2n) is 6.12. The summed E-state index contributed by atoms with van der Waals surface area (Å²) < 4.78 is 5.12. The molecule has 2 atom stereocenters. The maximum absolute atomic E-state index is 12.4. The van der Waals surface area contributed by atoms with Gasteiger partial charge in [-0.25, -0.2) is 4.79 Å². The summed E-state index contributed by atoms with van der Waals surface area (Å²) in [7, 11) is 0. The molecule has 7 heteroatoms. The number of amides is 2. The zero-order valence-electron chi connectivity index (χ0n) is 15.3. The van der Waals surface area contributed by atoms with Crippen LogP contribution >= 0.6 is 0 Å². The fourth-order valence-corrected chi connectivity index (χ4v) is 2.30. The molecule has 0 saturated heterocycles. The Balaban J connectivity index is 2.64. The summed E-state index contributed by atoms with van der Waals surface area (Å²) >= 11 is 0. The minimum Gasteiger partial charge on any atom is -0.508 e. The van der Waals surface area contributed by atoms with E-state index in [4.69, 9.17) is 10.00 Å². The highest BCUT2D eigenvalue weighted by molar-refractivity contribution is 5.86. The first-order valence-electron chi connectivity index (χ1n) is 8.87. The van der Waals surface area contributed by atoms with Gasteiger partial charge in [-0.05, 0) is 31.0 Å². The van der Waals surface area contributed by atoms with Gasteiger partial charge in [0.25, 0.3) is 0 Å². The molecular weight excluding hydrogens is 334 g/mol. The van der Waals surface area contributed by atoms with Crippen LogP contribution in [0.2, 0.25) is 0 Å². The van der Waals surface area contributed by atoms with Gasteiger partial charge in [0.15, 0.2) is 0 Å². The molecule has 2 amide bonds. The first kappa shape index (κ1) is 21.3. The van der Waals surface area contributed by atoms with E-state index in [1.54, 1.807) is 19.1 Å². The number of ether oxygens (including phenoxy) is 1. The molecule has 0 aromatic heterocycles. The summed E-state index contributed by atoms with van der Waals surface area (Å²) in [6, 6.07) is 6.73. The second kappa shape index (κ2) is 11.7. The van der Waals surface area contributed by atoms with Gasteiger partial charge in [0.1, 0.15) is 17.8 Å². The number of nitrogens with zero attached hydrogens (tertiary/aromatic N) is 1. The molecule has 0 spiro atoms. The van der Waals surface area contributed by atoms with Gasteiger partial charge >= 0.3 is 6.09 Å². The summed E-state index contributed by atoms with van der Waals surface area (Å²) in [6.45, 7) is 3.96. The van der Waals surface area contributed by atoms with E-state index in [-0.39, 0.29) is 12.2 Å². The summed E-state index contributed by atoms with van der Waals surface area (Å²) in [5.41, 5.74) is 0.760. The van der Waals surface area contributed by atoms with Crippen LogP contribution in [0.1, 0.15) is 45.1 Å². The van der Waals surface area contributed by atoms with Gasteiger partial charge in [-0.1, -0.05) is 38.3 Å². The molecule has 2 unspecified atom stereocenters. The monoisotopic (exact) mass is 361 g/mol. The Morgan fingerprint density at radius 3 is 2.50 bits per heavy atom. The number of benzene rings is 1. The molecular formula is C19H27N3O4. The van der Waals surface area contributed by atoms with Crippen molar-refractivity contribution in [2.75, 3.05) is 6.61 Å². The number of aromatic hydroxyl groups is 1. The van der Waals surface area contributed by atoms with Crippen molar-refractivity contribution in [3.05, 3.63) is 29.8 Å². The van der Waals surface area contributed by atoms with Crippen LogP contribution in [0, 0.1) is 11.3 Å². The topological polar surface area (TPSA) is 111 Å². The fourth-order valence-electron chi connectivity index (χ4n) is 2.30. The Morgan fingerprint density at radius 2 is 1.88 bits per heavy atom. The molecule has 1 rings (SSSR count). The van der Waals surface area contributed by atoms with Gasteiger partial charge in [-0.3, -0.25) is 4.79 Å². The zero-order chi connectivity index (χ0) is 19.4. The number of carbonyl (C=O) groups excluding carboxylic acids is 2. The molecule has 1 aromatic rings. The van der Waals surface area contributed by atoms with Crippen LogP contribution in [0.15, 0.2) is 24.3 Å². The molecule has 0 aliphatic carbocycles. The number of rotatable bonds is 10. The van der Waals surface area contributed by atoms with Crippen molar-refractivity contribution in [2.24, 2.45) is 0 Å². The van der Waals surface area contributed by atoms with Gasteiger partial charge in [0, 0.05) is 6.42 Å². The Kier molecular flexibility index (Phi) is 9.62. The Bertz CT molecular complexity index is 610. The highest BCUT2D eigenvalue weighted by Crippen LogP contribution is 2.11. The number of hydrogen-bond acceptors (Lipinski definition) is 5. The molecule has 7 nitrogen and oxygen atoms in total. The minimum absolute atomic E-state index is 0.118. The predicted octanol–water partition coefficient (Wildman–Crippen LogP) is 2.64. The quantitative estimate of drug-likeness (QED) is 0.555. The number of hydrogen-bond donors (Lipinski definition) is 3. The molecule has 142 valence electrons. The Labute approximate surface area is 154 Å². The molecule has 0 radical (unpaired) electrons. The van der Waals surface area contributed by atoms with Crippen molar-refractivity contribution in [2.45, 2.75) is 58.0 Å². The summed E-state index contributed by atoms with van der Waals surface area (Å²) in [5, 5.41) is 23.3. The number of unbranched alkanes of at least 4 members (excludes halogenated alkanes) is 3. The van der Waals surface area contributed by atoms with E-state index in [9.17, 15) is 14.7 Å². The lowest BCUT2D eigenvalue weighted by molar-refractivity contribution is -0.123. The van der Waals surface area contributed by atoms with Crippen LogP contribution in [0.3, 0.4) is 0 Å². The highest BCUT2D eigenvalue weighted by Gasteiger charge is 2.23. The van der Waals surface area contributed by atoms with E-state index < -0.39 is 24.1 Å². The first-order chi connectivity index (χ1) is 12.5. The molecule has 0 bridgehead atoms. The number of carbonyl (C=O) groups is 2. The number of nitrogens with one attached hydrogen (secondary N) is 2. The van der Waals surface area contributed by atoms with Gasteiger partial charge in [0.2, 0.25) is 5.91 Å². The molecule has 26 heavy (non-hydrogen) atoms. The van der Waals surface area contributed by atoms with E-state index in [0.29, 0.717) is 6.61 Å². The number of phenolic OH excluding ortho intramolecular Hbond substituents is 1. The van der Waals surface area contributed by atoms with Crippen molar-refractivity contribution < 1.29 is 19.4 Å². The fraction of sp³-hybridized carbons (Fsp3) is 0.526. The lowest BCUT2D eigenvalue weighted by Gasteiger charge is -2.19. The number of alkyl carbamates (subject to hydrolysis) is 1. The Morgan fingerprint density at radius 1 is 1.19 bits per heavy atom. The zero-order valence-corrected chi connectivity index (χ0v) is 15.3. The van der Waals surface area contributed by atoms with E-state index >= 15 is 0 Å². The average Bonchev–Trinajstić information content (AvgIpc) is 2.62. The van der Waals surface area contributed by atoms with Crippen molar-refractivity contribution in [3.8, 4) is 11.8 Å². The van der Waals surface area contributed by atoms with Crippen molar-refractivity contribution in [1.29, 1.82) is 5.26 Å². The second-order valence-corrected chi connectivity index (χ2v) is 6.12. The average molecular weight is 361 g/mol. The van der Waals surface area contributed by atoms with Crippen LogP contribution in [0.5, 0.6) is 5.75 Å². The summed E-state index contributed by atoms with van der Waals surface area (Å²) in [6.07, 6.45) is 3.50. The maximum atomic E-state index is 12.4. The molecule has 0 heterocycles. The smallest absolute Gasteiger partial charge is 0.407 e. The minimum atomic E-state index is -0.876. The van der Waals surface area contributed by atoms with Crippen molar-refractivity contribution in [1.82, 2.24) is 10.6 Å². The highest BCUT2D eigenvalue weighted by atomic mass is 16.5. The van der Waals surface area contributed by atoms with Crippen LogP contribution in [-0.4, -0.2) is 35.8 Å². The van der Waals surface area contributed by atoms with Crippen molar-refractivity contribution >= 4 is 12.0 Å². The van der Waals surface area contributed by atoms with Crippen LogP contribution < -0.4 is 10.6 Å². The predicted molar refractivity (Wildman–Crippen MR) is 97.4 cm³/mol. The van der Waals surface area contributed by atoms with Gasteiger partial charge in [-0.15, -0.1) is 0 Å². The van der Waals surface area contributed by atoms with Crippen molar-refractivity contribution in [3.63, 3.8) is 0 Å². The Hall–Kier alpha value is -2.75. The third-order valence-corrected chi connectivity index (χ3v) is 3.77. The normalized spacial score (nSPS) is 12.5. The maximum Gasteiger partial charge on any atom is 0.407 e. The molecule has 0 saturated carbocycles. The first-order valence-corrected chi connectivity index (χ1v) is 8.87. The standard InChI is InChI=1S/C19H27N3O4/c1-3-4-5-6-11-26-19(25)22-17(18(24)21-14(2)13-20)12-15-7-9-16(23)10-8-15/h7-10,14,17,23H,3-6,11-12H2,1-2H3,(H,21,24)(H,22,25). The van der Waals surface area contributed by atoms with E-state index in [1.807, 2.05) is 6.07 Å². The molecule has 3 N–H and O–H groups in total. The van der Waals surface area contributed by atoms with Gasteiger partial charge in [-0.2, -0.15) is 5.26 Å². The molecule has 0 fully saturated rings. The van der Waals surface area contributed by atoms with Crippen LogP contribution in [-0.2, 0) is 16.0 Å². The third kappa shape index (κ3) is 8.38. The number of phenols is 1. The van der Waals surface area contributed by atoms with E-state index in [2.05, 4.69) is 17.6 Å².